The largest absolute Gasteiger partial charge is 0.493 e. The van der Waals surface area contributed by atoms with Crippen molar-refractivity contribution in [1.29, 1.82) is 0 Å². The molecule has 8 heteroatoms. The third kappa shape index (κ3) is 13.7. The molecule has 0 radical (unpaired) electrons. The fourth-order valence-corrected chi connectivity index (χ4v) is 14.4. The van der Waals surface area contributed by atoms with Crippen molar-refractivity contribution in [2.24, 2.45) is 0 Å². The molecule has 0 heterocycles. The fourth-order valence-electron chi connectivity index (χ4n) is 6.60. The maximum Gasteiger partial charge on any atom is 0.306 e. The highest BCUT2D eigenvalue weighted by Gasteiger charge is 2.24. The van der Waals surface area contributed by atoms with Gasteiger partial charge in [-0.25, -0.2) is 0 Å². The van der Waals surface area contributed by atoms with E-state index in [2.05, 4.69) is 98.8 Å². The Hall–Kier alpha value is -3.37. The van der Waals surface area contributed by atoms with Gasteiger partial charge in [0.2, 0.25) is 5.91 Å². The number of ether oxygens (including phenoxy) is 2. The lowest BCUT2D eigenvalue weighted by molar-refractivity contribution is -0.137. The van der Waals surface area contributed by atoms with Crippen LogP contribution >= 0.6 is 0 Å². The average Bonchev–Trinajstić information content (AvgIpc) is 2.98. The highest BCUT2D eigenvalue weighted by molar-refractivity contribution is 6.76. The van der Waals surface area contributed by atoms with Gasteiger partial charge in [0.1, 0.15) is 11.5 Å². The highest BCUT2D eigenvalue weighted by atomic mass is 28.3. The van der Waals surface area contributed by atoms with E-state index in [1.165, 1.54) is 21.5 Å². The number of carbonyl (C=O) groups is 2. The van der Waals surface area contributed by atoms with Gasteiger partial charge in [-0.2, -0.15) is 0 Å². The summed E-state index contributed by atoms with van der Waals surface area (Å²) >= 11 is 0. The van der Waals surface area contributed by atoms with E-state index in [4.69, 9.17) is 14.6 Å². The number of rotatable bonds is 16. The maximum atomic E-state index is 12.0. The summed E-state index contributed by atoms with van der Waals surface area (Å²) in [6.07, 6.45) is 0.402. The van der Waals surface area contributed by atoms with Crippen molar-refractivity contribution in [3.63, 3.8) is 0 Å². The van der Waals surface area contributed by atoms with Crippen molar-refractivity contribution in [2.75, 3.05) is 13.2 Å². The number of carbonyl (C=O) groups excluding carboxylic acids is 1. The minimum absolute atomic E-state index is 0.0132. The number of carboxylic acids is 1. The molecule has 6 nitrogen and oxygen atoms in total. The molecule has 0 saturated heterocycles. The summed E-state index contributed by atoms with van der Waals surface area (Å²) in [5, 5.41) is 14.6. The van der Waals surface area contributed by atoms with Crippen LogP contribution in [0, 0.1) is 13.8 Å². The van der Waals surface area contributed by atoms with Crippen LogP contribution in [0.1, 0.15) is 84.9 Å². The zero-order chi connectivity index (χ0) is 35.1. The third-order valence-corrected chi connectivity index (χ3v) is 17.1. The minimum atomic E-state index is -1.00. The first-order chi connectivity index (χ1) is 22.2. The summed E-state index contributed by atoms with van der Waals surface area (Å²) in [5.74, 6) is 0.810. The minimum Gasteiger partial charge on any atom is -0.493 e. The molecule has 258 valence electrons. The first-order valence-corrected chi connectivity index (χ1v) is 21.0. The monoisotopic (exact) mass is 677 g/mol. The molecule has 0 bridgehead atoms. The molecule has 0 saturated carbocycles. The second-order valence-corrected chi connectivity index (χ2v) is 22.6. The van der Waals surface area contributed by atoms with Crippen LogP contribution in [0.2, 0.25) is 22.2 Å². The molecule has 47 heavy (non-hydrogen) atoms. The molecule has 3 aromatic rings. The Morgan fingerprint density at radius 1 is 0.660 bits per heavy atom. The first-order valence-electron chi connectivity index (χ1n) is 17.2. The summed E-state index contributed by atoms with van der Waals surface area (Å²) in [6.45, 7) is 24.1. The van der Waals surface area contributed by atoms with Crippen LogP contribution in [-0.4, -0.2) is 47.8 Å². The van der Waals surface area contributed by atoms with Gasteiger partial charge in [0.05, 0.1) is 43.6 Å². The number of carboxylic acid groups (broad SMARTS) is 1. The Kier molecular flexibility index (Phi) is 17.0. The fraction of sp³-hybridized carbons (Fsp3) is 0.487. The molecule has 2 N–H and O–H groups in total. The second kappa shape index (κ2) is 20.1. The van der Waals surface area contributed by atoms with Crippen molar-refractivity contribution in [1.82, 2.24) is 5.32 Å². The predicted molar refractivity (Wildman–Crippen MR) is 202 cm³/mol. The normalized spacial score (nSPS) is 11.3. The van der Waals surface area contributed by atoms with Crippen LogP contribution < -0.4 is 25.2 Å². The topological polar surface area (TPSA) is 84.9 Å². The quantitative estimate of drug-likeness (QED) is 0.154. The molecule has 0 aliphatic rings. The van der Waals surface area contributed by atoms with Crippen molar-refractivity contribution < 1.29 is 24.2 Å². The maximum absolute atomic E-state index is 12.0. The Bertz CT molecular complexity index is 1380. The van der Waals surface area contributed by atoms with Gasteiger partial charge < -0.3 is 19.9 Å². The van der Waals surface area contributed by atoms with Gasteiger partial charge in [-0.05, 0) is 77.0 Å². The van der Waals surface area contributed by atoms with Gasteiger partial charge in [-0.3, -0.25) is 9.59 Å². The van der Waals surface area contributed by atoms with E-state index in [1.807, 2.05) is 42.5 Å². The van der Waals surface area contributed by atoms with E-state index in [1.54, 1.807) is 0 Å². The van der Waals surface area contributed by atoms with Gasteiger partial charge in [-0.15, -0.1) is 0 Å². The lowest BCUT2D eigenvalue weighted by atomic mass is 10.2. The molecule has 1 amide bonds. The molecule has 3 aromatic carbocycles. The van der Waals surface area contributed by atoms with Crippen LogP contribution in [0.5, 0.6) is 11.5 Å². The SMILES string of the molecule is Cc1cc(OCCC(=O)NCc2ccccc2)ccc1[SiH](C(C)C)C(C)C.Cc1cc(OCCC(=O)O)ccc1[SiH](C(C)C)C(C)C. The van der Waals surface area contributed by atoms with Crippen molar-refractivity contribution in [3.05, 3.63) is 83.4 Å². The molecule has 0 aliphatic heterocycles. The molecule has 0 spiro atoms. The number of hydrogen-bond donors (Lipinski definition) is 2. The Morgan fingerprint density at radius 3 is 1.47 bits per heavy atom. The summed E-state index contributed by atoms with van der Waals surface area (Å²) in [7, 11) is -1.99. The van der Waals surface area contributed by atoms with E-state index in [9.17, 15) is 9.59 Å². The molecule has 0 atom stereocenters. The van der Waals surface area contributed by atoms with Crippen molar-refractivity contribution in [3.8, 4) is 11.5 Å². The summed E-state index contributed by atoms with van der Waals surface area (Å²) in [6, 6.07) is 22.6. The summed E-state index contributed by atoms with van der Waals surface area (Å²) in [5.41, 5.74) is 6.64. The predicted octanol–water partition coefficient (Wildman–Crippen LogP) is 7.44. The van der Waals surface area contributed by atoms with Crippen LogP contribution in [0.15, 0.2) is 66.7 Å². The standard InChI is InChI=1S/C23H33NO2Si.C16H26O3Si/c1-17(2)27(18(3)4)22-12-11-21(15-19(22)5)26-14-13-23(25)24-16-20-9-7-6-8-10-20;1-11(2)20(12(3)4)15-7-6-14(10-13(15)5)19-9-8-16(17)18/h6-12,15,17-18,27H,13-14,16H2,1-5H3,(H,24,25);6-7,10-12,20H,8-9H2,1-5H3,(H,17,18). The van der Waals surface area contributed by atoms with Crippen molar-refractivity contribution >= 4 is 39.8 Å². The van der Waals surface area contributed by atoms with Crippen LogP contribution in [-0.2, 0) is 16.1 Å². The average molecular weight is 678 g/mol. The summed E-state index contributed by atoms with van der Waals surface area (Å²) < 4.78 is 11.3. The van der Waals surface area contributed by atoms with E-state index in [0.29, 0.717) is 19.6 Å². The lowest BCUT2D eigenvalue weighted by Crippen LogP contribution is -2.37. The van der Waals surface area contributed by atoms with Crippen LogP contribution in [0.25, 0.3) is 0 Å². The van der Waals surface area contributed by atoms with Crippen molar-refractivity contribution in [2.45, 2.75) is 111 Å². The van der Waals surface area contributed by atoms with Crippen LogP contribution in [0.4, 0.5) is 0 Å². The second-order valence-electron chi connectivity index (χ2n) is 13.9. The third-order valence-electron chi connectivity index (χ3n) is 8.59. The molecular weight excluding hydrogens is 619 g/mol. The smallest absolute Gasteiger partial charge is 0.306 e. The molecule has 0 aromatic heterocycles. The van der Waals surface area contributed by atoms with Gasteiger partial charge in [0.15, 0.2) is 0 Å². The van der Waals surface area contributed by atoms with Gasteiger partial charge >= 0.3 is 5.97 Å². The number of aliphatic carboxylic acids is 1. The van der Waals surface area contributed by atoms with E-state index in [-0.39, 0.29) is 18.9 Å². The van der Waals surface area contributed by atoms with Gasteiger partial charge in [-0.1, -0.05) is 108 Å². The number of hydrogen-bond acceptors (Lipinski definition) is 4. The zero-order valence-corrected chi connectivity index (χ0v) is 32.7. The lowest BCUT2D eigenvalue weighted by Gasteiger charge is -2.25. The number of benzene rings is 3. The Morgan fingerprint density at radius 2 is 1.09 bits per heavy atom. The molecular formula is C39H59NO5Si2. The number of aryl methyl sites for hydroxylation is 2. The number of nitrogens with one attached hydrogen (secondary N) is 1. The molecule has 0 unspecified atom stereocenters. The molecule has 0 fully saturated rings. The van der Waals surface area contributed by atoms with E-state index in [0.717, 1.165) is 39.2 Å². The Labute approximate surface area is 287 Å². The molecule has 3 rings (SSSR count). The number of amides is 1. The van der Waals surface area contributed by atoms with E-state index >= 15 is 0 Å². The first kappa shape index (κ1) is 39.8. The zero-order valence-electron chi connectivity index (χ0n) is 30.4. The summed E-state index contributed by atoms with van der Waals surface area (Å²) in [4.78, 5) is 22.5. The molecule has 0 aliphatic carbocycles. The van der Waals surface area contributed by atoms with E-state index < -0.39 is 23.6 Å². The highest BCUT2D eigenvalue weighted by Crippen LogP contribution is 2.24. The van der Waals surface area contributed by atoms with Gasteiger partial charge in [0, 0.05) is 6.54 Å². The van der Waals surface area contributed by atoms with Gasteiger partial charge in [0.25, 0.3) is 0 Å². The van der Waals surface area contributed by atoms with Crippen LogP contribution in [0.3, 0.4) is 0 Å². The Balaban J connectivity index is 0.000000343.